The largest absolute Gasteiger partial charge is 0.367 e. The standard InChI is InChI=1S/C27H26FN5/c1-16(2)24-15-30-33-26(12-25(32-27(24)33)19-10-20(28)14-29-13-19)31-21-8-7-18-9-17-5-3-4-6-22(17)23(18)11-21/h3-6,10,12-16,21,31H,7-9,11H2,1-2H3. The Labute approximate surface area is 192 Å². The van der Waals surface area contributed by atoms with E-state index in [1.807, 2.05) is 16.8 Å². The Morgan fingerprint density at radius 2 is 2.00 bits per heavy atom. The molecule has 0 fully saturated rings. The fourth-order valence-corrected chi connectivity index (χ4v) is 5.21. The SMILES string of the molecule is CC(C)c1cnn2c(NC3CCC4=C(C3)c3ccccc3C4)cc(-c3cncc(F)c3)nc12. The highest BCUT2D eigenvalue weighted by Gasteiger charge is 2.28. The van der Waals surface area contributed by atoms with E-state index in [1.165, 1.54) is 29.0 Å². The normalized spacial score (nSPS) is 17.5. The van der Waals surface area contributed by atoms with Gasteiger partial charge in [0.25, 0.3) is 0 Å². The van der Waals surface area contributed by atoms with Crippen LogP contribution in [0.25, 0.3) is 22.5 Å². The Bertz CT molecular complexity index is 1400. The molecule has 0 saturated heterocycles. The predicted molar refractivity (Wildman–Crippen MR) is 129 cm³/mol. The summed E-state index contributed by atoms with van der Waals surface area (Å²) in [7, 11) is 0. The molecule has 5 nitrogen and oxygen atoms in total. The Kier molecular flexibility index (Phi) is 4.75. The Morgan fingerprint density at radius 3 is 2.85 bits per heavy atom. The fraction of sp³-hybridized carbons (Fsp3) is 0.296. The zero-order valence-corrected chi connectivity index (χ0v) is 18.8. The molecule has 3 aromatic heterocycles. The minimum Gasteiger partial charge on any atom is -0.367 e. The van der Waals surface area contributed by atoms with E-state index < -0.39 is 0 Å². The van der Waals surface area contributed by atoms with Gasteiger partial charge in [0.05, 0.1) is 18.1 Å². The average Bonchev–Trinajstić information content (AvgIpc) is 3.41. The number of aromatic nitrogens is 4. The zero-order valence-electron chi connectivity index (χ0n) is 18.8. The molecule has 2 aliphatic carbocycles. The predicted octanol–water partition coefficient (Wildman–Crippen LogP) is 6.03. The number of nitrogens with zero attached hydrogens (tertiary/aromatic N) is 4. The summed E-state index contributed by atoms with van der Waals surface area (Å²) in [6.45, 7) is 4.27. The van der Waals surface area contributed by atoms with E-state index in [0.717, 1.165) is 42.7 Å². The number of hydrogen-bond acceptors (Lipinski definition) is 4. The summed E-state index contributed by atoms with van der Waals surface area (Å²) in [4.78, 5) is 8.87. The van der Waals surface area contributed by atoms with Crippen molar-refractivity contribution in [2.24, 2.45) is 0 Å². The Morgan fingerprint density at radius 1 is 1.12 bits per heavy atom. The molecular formula is C27H26FN5. The van der Waals surface area contributed by atoms with E-state index in [1.54, 1.807) is 11.8 Å². The fourth-order valence-electron chi connectivity index (χ4n) is 5.21. The number of halogens is 1. The van der Waals surface area contributed by atoms with Crippen molar-refractivity contribution in [2.75, 3.05) is 5.32 Å². The van der Waals surface area contributed by atoms with Gasteiger partial charge in [0.15, 0.2) is 5.65 Å². The maximum atomic E-state index is 13.9. The molecule has 1 unspecified atom stereocenters. The van der Waals surface area contributed by atoms with Gasteiger partial charge in [-0.3, -0.25) is 4.98 Å². The number of pyridine rings is 1. The Balaban J connectivity index is 1.38. The highest BCUT2D eigenvalue weighted by atomic mass is 19.1. The maximum Gasteiger partial charge on any atom is 0.161 e. The number of rotatable bonds is 4. The number of allylic oxidation sites excluding steroid dienone is 1. The third kappa shape index (κ3) is 3.50. The van der Waals surface area contributed by atoms with Crippen LogP contribution in [-0.4, -0.2) is 25.6 Å². The van der Waals surface area contributed by atoms with Gasteiger partial charge in [-0.25, -0.2) is 9.37 Å². The van der Waals surface area contributed by atoms with E-state index in [-0.39, 0.29) is 11.7 Å². The van der Waals surface area contributed by atoms with Gasteiger partial charge < -0.3 is 5.32 Å². The van der Waals surface area contributed by atoms with Crippen LogP contribution in [0.5, 0.6) is 0 Å². The average molecular weight is 440 g/mol. The molecule has 6 heteroatoms. The van der Waals surface area contributed by atoms with Crippen LogP contribution in [0, 0.1) is 5.82 Å². The summed E-state index contributed by atoms with van der Waals surface area (Å²) >= 11 is 0. The van der Waals surface area contributed by atoms with E-state index in [0.29, 0.717) is 17.3 Å². The van der Waals surface area contributed by atoms with E-state index in [4.69, 9.17) is 4.98 Å². The Hall–Kier alpha value is -3.54. The van der Waals surface area contributed by atoms with Crippen LogP contribution in [-0.2, 0) is 6.42 Å². The summed E-state index contributed by atoms with van der Waals surface area (Å²) in [6.07, 6.45) is 9.02. The molecular weight excluding hydrogens is 413 g/mol. The van der Waals surface area contributed by atoms with Gasteiger partial charge >= 0.3 is 0 Å². The van der Waals surface area contributed by atoms with Gasteiger partial charge in [-0.15, -0.1) is 0 Å². The van der Waals surface area contributed by atoms with Crippen LogP contribution in [0.2, 0.25) is 0 Å². The number of benzene rings is 1. The first kappa shape index (κ1) is 20.1. The van der Waals surface area contributed by atoms with Crippen LogP contribution in [0.1, 0.15) is 55.7 Å². The molecule has 0 radical (unpaired) electrons. The molecule has 2 aliphatic rings. The number of anilines is 1. The van der Waals surface area contributed by atoms with Crippen molar-refractivity contribution in [1.29, 1.82) is 0 Å². The second-order valence-corrected chi connectivity index (χ2v) is 9.41. The highest BCUT2D eigenvalue weighted by molar-refractivity contribution is 5.78. The molecule has 0 amide bonds. The van der Waals surface area contributed by atoms with Crippen molar-refractivity contribution in [3.63, 3.8) is 0 Å². The monoisotopic (exact) mass is 439 g/mol. The van der Waals surface area contributed by atoms with Crippen molar-refractivity contribution in [3.8, 4) is 11.3 Å². The molecule has 6 rings (SSSR count). The molecule has 3 heterocycles. The molecule has 4 aromatic rings. The minimum atomic E-state index is -0.368. The van der Waals surface area contributed by atoms with Gasteiger partial charge in [-0.1, -0.05) is 43.7 Å². The second-order valence-electron chi connectivity index (χ2n) is 9.41. The maximum absolute atomic E-state index is 13.9. The lowest BCUT2D eigenvalue weighted by molar-refractivity contribution is 0.622. The van der Waals surface area contributed by atoms with Crippen LogP contribution < -0.4 is 5.32 Å². The van der Waals surface area contributed by atoms with Crippen molar-refractivity contribution in [2.45, 2.75) is 51.5 Å². The first-order valence-electron chi connectivity index (χ1n) is 11.6. The zero-order chi connectivity index (χ0) is 22.5. The number of hydrogen-bond donors (Lipinski definition) is 1. The molecule has 0 saturated carbocycles. The molecule has 1 atom stereocenters. The van der Waals surface area contributed by atoms with Crippen molar-refractivity contribution in [3.05, 3.63) is 83.1 Å². The first-order valence-corrected chi connectivity index (χ1v) is 11.6. The van der Waals surface area contributed by atoms with E-state index >= 15 is 0 Å². The third-order valence-electron chi connectivity index (χ3n) is 6.89. The molecule has 0 bridgehead atoms. The summed E-state index contributed by atoms with van der Waals surface area (Å²) < 4.78 is 15.8. The molecule has 1 aromatic carbocycles. The molecule has 1 N–H and O–H groups in total. The van der Waals surface area contributed by atoms with Crippen LogP contribution >= 0.6 is 0 Å². The molecule has 166 valence electrons. The molecule has 0 aliphatic heterocycles. The lowest BCUT2D eigenvalue weighted by Crippen LogP contribution is -2.24. The van der Waals surface area contributed by atoms with Gasteiger partial charge in [-0.2, -0.15) is 9.61 Å². The highest BCUT2D eigenvalue weighted by Crippen LogP contribution is 2.42. The number of nitrogens with one attached hydrogen (secondary N) is 1. The lowest BCUT2D eigenvalue weighted by Gasteiger charge is -2.26. The van der Waals surface area contributed by atoms with Crippen molar-refractivity contribution in [1.82, 2.24) is 19.6 Å². The number of fused-ring (bicyclic) bond motifs is 3. The third-order valence-corrected chi connectivity index (χ3v) is 6.89. The van der Waals surface area contributed by atoms with Crippen LogP contribution in [0.4, 0.5) is 10.2 Å². The summed E-state index contributed by atoms with van der Waals surface area (Å²) in [6, 6.07) is 12.5. The molecule has 33 heavy (non-hydrogen) atoms. The first-order chi connectivity index (χ1) is 16.1. The smallest absolute Gasteiger partial charge is 0.161 e. The summed E-state index contributed by atoms with van der Waals surface area (Å²) in [5, 5.41) is 8.41. The van der Waals surface area contributed by atoms with Gasteiger partial charge in [-0.05, 0) is 54.4 Å². The summed E-state index contributed by atoms with van der Waals surface area (Å²) in [5.74, 6) is 0.792. The van der Waals surface area contributed by atoms with Gasteiger partial charge in [0.2, 0.25) is 0 Å². The van der Waals surface area contributed by atoms with Crippen molar-refractivity contribution < 1.29 is 4.39 Å². The van der Waals surface area contributed by atoms with Crippen LogP contribution in [0.15, 0.2) is 60.6 Å². The van der Waals surface area contributed by atoms with E-state index in [2.05, 4.69) is 53.5 Å². The topological polar surface area (TPSA) is 55.1 Å². The quantitative estimate of drug-likeness (QED) is 0.422. The second kappa shape index (κ2) is 7.80. The van der Waals surface area contributed by atoms with Gasteiger partial charge in [0, 0.05) is 29.4 Å². The van der Waals surface area contributed by atoms with Crippen molar-refractivity contribution >= 4 is 17.0 Å². The molecule has 0 spiro atoms. The summed E-state index contributed by atoms with van der Waals surface area (Å²) in [5.41, 5.74) is 9.17. The minimum absolute atomic E-state index is 0.279. The van der Waals surface area contributed by atoms with Gasteiger partial charge in [0.1, 0.15) is 11.6 Å². The van der Waals surface area contributed by atoms with E-state index in [9.17, 15) is 4.39 Å². The van der Waals surface area contributed by atoms with Crippen LogP contribution in [0.3, 0.4) is 0 Å². The lowest BCUT2D eigenvalue weighted by atomic mass is 9.88.